The van der Waals surface area contributed by atoms with Gasteiger partial charge in [0.2, 0.25) is 5.95 Å². The molecule has 1 saturated heterocycles. The summed E-state index contributed by atoms with van der Waals surface area (Å²) in [6.07, 6.45) is 3.50. The first kappa shape index (κ1) is 24.6. The molecule has 2 atom stereocenters. The standard InChI is InChI=1S/C24H33FN8O2/c1-13-6-7-15(11-32(13)18(14(2)26)10-28-12-24(3,4)34)21-30-22-17-8-16(25)9-19(35-5)20(17)29-23(27)33(22)31-21/h8-10,13,15,34H,6-7,11-12,26H2,1-5H3,(H2,27,29). The number of benzene rings is 1. The van der Waals surface area contributed by atoms with Crippen molar-refractivity contribution in [2.45, 2.75) is 58.1 Å². The first-order valence-corrected chi connectivity index (χ1v) is 11.6. The molecule has 11 heteroatoms. The summed E-state index contributed by atoms with van der Waals surface area (Å²) < 4.78 is 21.0. The second-order valence-electron chi connectivity index (χ2n) is 9.81. The summed E-state index contributed by atoms with van der Waals surface area (Å²) in [4.78, 5) is 15.8. The number of ether oxygens (including phenoxy) is 1. The summed E-state index contributed by atoms with van der Waals surface area (Å²) >= 11 is 0. The molecule has 35 heavy (non-hydrogen) atoms. The molecule has 2 aromatic heterocycles. The van der Waals surface area contributed by atoms with Crippen LogP contribution in [0.5, 0.6) is 5.75 Å². The van der Waals surface area contributed by atoms with Crippen LogP contribution in [0.3, 0.4) is 0 Å². The molecule has 1 fully saturated rings. The second-order valence-corrected chi connectivity index (χ2v) is 9.81. The largest absolute Gasteiger partial charge is 0.494 e. The third-order valence-corrected chi connectivity index (χ3v) is 6.22. The number of hydrogen-bond acceptors (Lipinski definition) is 9. The lowest BCUT2D eigenvalue weighted by molar-refractivity contribution is 0.0905. The van der Waals surface area contributed by atoms with Crippen LogP contribution in [-0.4, -0.2) is 67.6 Å². The lowest BCUT2D eigenvalue weighted by Gasteiger charge is -2.39. The minimum atomic E-state index is -0.903. The Morgan fingerprint density at radius 2 is 2.09 bits per heavy atom. The Hall–Kier alpha value is -3.47. The first-order chi connectivity index (χ1) is 16.5. The highest BCUT2D eigenvalue weighted by atomic mass is 19.1. The molecule has 1 aromatic carbocycles. The molecular formula is C24H33FN8O2. The Morgan fingerprint density at radius 1 is 1.34 bits per heavy atom. The fraction of sp³-hybridized carbons (Fsp3) is 0.500. The zero-order chi connectivity index (χ0) is 25.5. The van der Waals surface area contributed by atoms with Crippen molar-refractivity contribution in [1.82, 2.24) is 24.5 Å². The van der Waals surface area contributed by atoms with Crippen molar-refractivity contribution in [3.8, 4) is 5.75 Å². The molecular weight excluding hydrogens is 451 g/mol. The van der Waals surface area contributed by atoms with E-state index in [0.717, 1.165) is 18.5 Å². The van der Waals surface area contributed by atoms with Crippen molar-refractivity contribution in [2.75, 3.05) is 25.9 Å². The quantitative estimate of drug-likeness (QED) is 0.454. The van der Waals surface area contributed by atoms with Gasteiger partial charge in [-0.3, -0.25) is 4.99 Å². The molecule has 3 heterocycles. The minimum Gasteiger partial charge on any atom is -0.494 e. The number of likely N-dealkylation sites (tertiary alicyclic amines) is 1. The average molecular weight is 485 g/mol. The van der Waals surface area contributed by atoms with E-state index in [-0.39, 0.29) is 30.2 Å². The van der Waals surface area contributed by atoms with Gasteiger partial charge in [-0.05, 0) is 46.6 Å². The summed E-state index contributed by atoms with van der Waals surface area (Å²) in [5, 5.41) is 15.1. The van der Waals surface area contributed by atoms with Gasteiger partial charge >= 0.3 is 0 Å². The lowest BCUT2D eigenvalue weighted by Crippen LogP contribution is -2.42. The maximum Gasteiger partial charge on any atom is 0.223 e. The number of halogens is 1. The molecule has 10 nitrogen and oxygen atoms in total. The van der Waals surface area contributed by atoms with E-state index in [2.05, 4.69) is 26.9 Å². The number of aliphatic imine (C=N–C) groups is 1. The number of nitrogens with zero attached hydrogens (tertiary/aromatic N) is 6. The number of methoxy groups -OCH3 is 1. The van der Waals surface area contributed by atoms with E-state index in [9.17, 15) is 9.50 Å². The van der Waals surface area contributed by atoms with Crippen LogP contribution >= 0.6 is 0 Å². The molecule has 1 aliphatic rings. The summed E-state index contributed by atoms with van der Waals surface area (Å²) in [6.45, 7) is 8.30. The predicted octanol–water partition coefficient (Wildman–Crippen LogP) is 2.61. The molecule has 1 aliphatic heterocycles. The molecule has 0 radical (unpaired) electrons. The Labute approximate surface area is 203 Å². The number of allylic oxidation sites excluding steroid dienone is 2. The summed E-state index contributed by atoms with van der Waals surface area (Å²) in [7, 11) is 1.46. The highest BCUT2D eigenvalue weighted by molar-refractivity contribution is 5.96. The minimum absolute atomic E-state index is 0.00645. The third-order valence-electron chi connectivity index (χ3n) is 6.22. The molecule has 0 amide bonds. The molecule has 0 saturated carbocycles. The zero-order valence-corrected chi connectivity index (χ0v) is 20.8. The van der Waals surface area contributed by atoms with Gasteiger partial charge in [-0.1, -0.05) is 0 Å². The average Bonchev–Trinajstić information content (AvgIpc) is 3.23. The number of anilines is 1. The lowest BCUT2D eigenvalue weighted by atomic mass is 9.92. The van der Waals surface area contributed by atoms with E-state index in [1.54, 1.807) is 20.1 Å². The first-order valence-electron chi connectivity index (χ1n) is 11.6. The molecule has 3 aromatic rings. The van der Waals surface area contributed by atoms with E-state index in [1.807, 2.05) is 6.92 Å². The van der Waals surface area contributed by atoms with E-state index in [1.165, 1.54) is 23.8 Å². The van der Waals surface area contributed by atoms with Gasteiger partial charge in [-0.15, -0.1) is 5.10 Å². The molecule has 4 rings (SSSR count). The number of hydrogen-bond donors (Lipinski definition) is 3. The summed E-state index contributed by atoms with van der Waals surface area (Å²) in [6, 6.07) is 2.87. The van der Waals surface area contributed by atoms with Crippen molar-refractivity contribution in [3.05, 3.63) is 35.2 Å². The van der Waals surface area contributed by atoms with E-state index < -0.39 is 11.4 Å². The molecule has 188 valence electrons. The molecule has 5 N–H and O–H groups in total. The zero-order valence-electron chi connectivity index (χ0n) is 20.8. The van der Waals surface area contributed by atoms with Crippen LogP contribution in [0.4, 0.5) is 10.3 Å². The van der Waals surface area contributed by atoms with Crippen LogP contribution in [0.1, 0.15) is 52.3 Å². The van der Waals surface area contributed by atoms with Crippen LogP contribution in [0.15, 0.2) is 28.5 Å². The van der Waals surface area contributed by atoms with Gasteiger partial charge in [-0.25, -0.2) is 14.4 Å². The number of nitrogen functional groups attached to an aromatic ring is 1. The van der Waals surface area contributed by atoms with Crippen molar-refractivity contribution >= 4 is 28.7 Å². The normalized spacial score (nSPS) is 20.1. The fourth-order valence-electron chi connectivity index (χ4n) is 4.42. The van der Waals surface area contributed by atoms with Gasteiger partial charge in [0, 0.05) is 36.5 Å². The maximum atomic E-state index is 14.3. The highest BCUT2D eigenvalue weighted by Crippen LogP contribution is 2.33. The Bertz CT molecular complexity index is 1310. The van der Waals surface area contributed by atoms with Crippen molar-refractivity contribution < 1.29 is 14.2 Å². The van der Waals surface area contributed by atoms with E-state index in [4.69, 9.17) is 21.2 Å². The Balaban J connectivity index is 1.71. The van der Waals surface area contributed by atoms with Crippen molar-refractivity contribution in [1.29, 1.82) is 0 Å². The van der Waals surface area contributed by atoms with Crippen LogP contribution in [0.25, 0.3) is 16.6 Å². The van der Waals surface area contributed by atoms with Gasteiger partial charge in [-0.2, -0.15) is 4.52 Å². The number of aliphatic hydroxyl groups is 1. The van der Waals surface area contributed by atoms with Gasteiger partial charge in [0.15, 0.2) is 11.5 Å². The summed E-state index contributed by atoms with van der Waals surface area (Å²) in [5.74, 6) is 0.578. The third kappa shape index (κ3) is 5.00. The molecule has 0 spiro atoms. The van der Waals surface area contributed by atoms with Crippen molar-refractivity contribution in [2.24, 2.45) is 10.7 Å². The predicted molar refractivity (Wildman–Crippen MR) is 134 cm³/mol. The number of piperidine rings is 1. The molecule has 0 aliphatic carbocycles. The van der Waals surface area contributed by atoms with Crippen LogP contribution in [-0.2, 0) is 0 Å². The van der Waals surface area contributed by atoms with Crippen molar-refractivity contribution in [3.63, 3.8) is 0 Å². The van der Waals surface area contributed by atoms with E-state index >= 15 is 0 Å². The Morgan fingerprint density at radius 3 is 2.74 bits per heavy atom. The number of nitrogens with two attached hydrogens (primary N) is 2. The smallest absolute Gasteiger partial charge is 0.223 e. The van der Waals surface area contributed by atoms with Gasteiger partial charge in [0.25, 0.3) is 0 Å². The molecule has 2 unspecified atom stereocenters. The second kappa shape index (κ2) is 9.29. The Kier molecular flexibility index (Phi) is 6.54. The van der Waals surface area contributed by atoms with E-state index in [0.29, 0.717) is 34.6 Å². The molecule has 0 bridgehead atoms. The van der Waals surface area contributed by atoms with Crippen LogP contribution in [0.2, 0.25) is 0 Å². The number of rotatable bonds is 6. The SMILES string of the molecule is COc1cc(F)cc2c1nc(N)n1nc(C3CCC(C)N(C(C=NCC(C)(C)O)=C(C)N)C3)nc21. The highest BCUT2D eigenvalue weighted by Gasteiger charge is 2.31. The van der Waals surface area contributed by atoms with Gasteiger partial charge in [0.05, 0.1) is 30.3 Å². The fourth-order valence-corrected chi connectivity index (χ4v) is 4.42. The topological polar surface area (TPSA) is 140 Å². The van der Waals surface area contributed by atoms with Gasteiger partial charge < -0.3 is 26.2 Å². The maximum absolute atomic E-state index is 14.3. The monoisotopic (exact) mass is 484 g/mol. The van der Waals surface area contributed by atoms with Crippen LogP contribution in [0, 0.1) is 5.82 Å². The van der Waals surface area contributed by atoms with Gasteiger partial charge in [0.1, 0.15) is 17.1 Å². The number of fused-ring (bicyclic) bond motifs is 3. The van der Waals surface area contributed by atoms with Crippen LogP contribution < -0.4 is 16.2 Å². The summed E-state index contributed by atoms with van der Waals surface area (Å²) in [5.41, 5.74) is 13.8. The number of aromatic nitrogens is 4.